The van der Waals surface area contributed by atoms with Gasteiger partial charge in [0.15, 0.2) is 18.1 Å². The van der Waals surface area contributed by atoms with E-state index in [4.69, 9.17) is 19.9 Å². The highest BCUT2D eigenvalue weighted by atomic mass is 79.9. The average Bonchev–Trinajstić information content (AvgIpc) is 2.66. The van der Waals surface area contributed by atoms with Gasteiger partial charge in [-0.1, -0.05) is 15.9 Å². The first-order chi connectivity index (χ1) is 13.0. The van der Waals surface area contributed by atoms with Crippen LogP contribution < -0.4 is 25.3 Å². The van der Waals surface area contributed by atoms with Gasteiger partial charge in [0.2, 0.25) is 0 Å². The third-order valence-corrected chi connectivity index (χ3v) is 4.61. The molecule has 0 saturated carbocycles. The van der Waals surface area contributed by atoms with Gasteiger partial charge in [0.1, 0.15) is 5.75 Å². The predicted octanol–water partition coefficient (Wildman–Crippen LogP) is 2.58. The Morgan fingerprint density at radius 2 is 2.07 bits per heavy atom. The fourth-order valence-electron chi connectivity index (χ4n) is 2.83. The monoisotopic (exact) mass is 434 g/mol. The van der Waals surface area contributed by atoms with E-state index in [1.165, 1.54) is 7.11 Å². The number of carbonyl (C=O) groups excluding carboxylic acids is 2. The Bertz CT molecular complexity index is 871. The molecular weight excluding hydrogens is 416 g/mol. The van der Waals surface area contributed by atoms with Crippen LogP contribution in [0.4, 0.5) is 0 Å². The molecule has 0 bridgehead atoms. The smallest absolute Gasteiger partial charge is 0.255 e. The zero-order chi connectivity index (χ0) is 19.4. The van der Waals surface area contributed by atoms with Crippen molar-refractivity contribution in [2.75, 3.05) is 20.3 Å². The zero-order valence-electron chi connectivity index (χ0n) is 14.7. The summed E-state index contributed by atoms with van der Waals surface area (Å²) < 4.78 is 17.1. The topological polar surface area (TPSA) is 99.9 Å². The van der Waals surface area contributed by atoms with Crippen molar-refractivity contribution in [3.63, 3.8) is 0 Å². The number of methoxy groups -OCH3 is 1. The highest BCUT2D eigenvalue weighted by Crippen LogP contribution is 2.34. The summed E-state index contributed by atoms with van der Waals surface area (Å²) >= 11 is 3.45. The van der Waals surface area contributed by atoms with Gasteiger partial charge < -0.3 is 25.3 Å². The molecule has 2 amide bonds. The average molecular weight is 435 g/mol. The number of nitrogens with two attached hydrogens (primary N) is 1. The summed E-state index contributed by atoms with van der Waals surface area (Å²) in [5.74, 6) is 0.616. The Balaban J connectivity index is 1.77. The number of carbonyl (C=O) groups is 2. The van der Waals surface area contributed by atoms with Crippen molar-refractivity contribution >= 4 is 27.7 Å². The summed E-state index contributed by atoms with van der Waals surface area (Å²) in [7, 11) is 1.46. The van der Waals surface area contributed by atoms with Gasteiger partial charge in [0.25, 0.3) is 11.8 Å². The van der Waals surface area contributed by atoms with E-state index in [1.807, 2.05) is 18.2 Å². The standard InChI is InChI=1S/C19H19BrN2O5/c1-25-17-8-11(2-4-16(17)27-10-18(21)23)19(24)22-14-6-7-26-15-5-3-12(20)9-13(14)15/h2-5,8-9,14H,6-7,10H2,1H3,(H2,21,23)(H,22,24). The van der Waals surface area contributed by atoms with Gasteiger partial charge in [0.05, 0.1) is 19.8 Å². The molecule has 2 aromatic carbocycles. The van der Waals surface area contributed by atoms with Crippen LogP contribution in [0.2, 0.25) is 0 Å². The molecule has 0 aromatic heterocycles. The van der Waals surface area contributed by atoms with Crippen LogP contribution in [-0.2, 0) is 4.79 Å². The van der Waals surface area contributed by atoms with Crippen LogP contribution in [0.1, 0.15) is 28.4 Å². The van der Waals surface area contributed by atoms with Crippen LogP contribution in [-0.4, -0.2) is 32.1 Å². The molecule has 3 rings (SSSR count). The summed E-state index contributed by atoms with van der Waals surface area (Å²) in [5.41, 5.74) is 6.43. The minimum atomic E-state index is -0.594. The SMILES string of the molecule is COc1cc(C(=O)NC2CCOc3ccc(Br)cc32)ccc1OCC(N)=O. The van der Waals surface area contributed by atoms with Crippen molar-refractivity contribution in [2.24, 2.45) is 5.73 Å². The second-order valence-electron chi connectivity index (χ2n) is 5.97. The molecule has 3 N–H and O–H groups in total. The highest BCUT2D eigenvalue weighted by Gasteiger charge is 2.24. The van der Waals surface area contributed by atoms with Gasteiger partial charge in [-0.05, 0) is 36.4 Å². The van der Waals surface area contributed by atoms with Crippen LogP contribution in [0.25, 0.3) is 0 Å². The first-order valence-electron chi connectivity index (χ1n) is 8.30. The van der Waals surface area contributed by atoms with Crippen LogP contribution in [0, 0.1) is 0 Å². The van der Waals surface area contributed by atoms with Crippen molar-refractivity contribution in [2.45, 2.75) is 12.5 Å². The van der Waals surface area contributed by atoms with Crippen LogP contribution >= 0.6 is 15.9 Å². The van der Waals surface area contributed by atoms with Crippen molar-refractivity contribution in [1.29, 1.82) is 0 Å². The molecule has 0 radical (unpaired) electrons. The number of halogens is 1. The minimum Gasteiger partial charge on any atom is -0.493 e. The third-order valence-electron chi connectivity index (χ3n) is 4.11. The first kappa shape index (κ1) is 19.0. The molecule has 1 heterocycles. The largest absolute Gasteiger partial charge is 0.493 e. The number of rotatable bonds is 6. The maximum atomic E-state index is 12.7. The molecule has 1 atom stereocenters. The molecule has 8 heteroatoms. The molecule has 7 nitrogen and oxygen atoms in total. The van der Waals surface area contributed by atoms with Crippen LogP contribution in [0.3, 0.4) is 0 Å². The molecule has 0 fully saturated rings. The summed E-state index contributed by atoms with van der Waals surface area (Å²) in [5, 5.41) is 3.03. The van der Waals surface area contributed by atoms with Gasteiger partial charge in [0, 0.05) is 22.0 Å². The van der Waals surface area contributed by atoms with Gasteiger partial charge in [-0.25, -0.2) is 0 Å². The first-order valence-corrected chi connectivity index (χ1v) is 9.09. The number of fused-ring (bicyclic) bond motifs is 1. The number of ether oxygens (including phenoxy) is 3. The summed E-state index contributed by atoms with van der Waals surface area (Å²) in [4.78, 5) is 23.6. The molecular formula is C19H19BrN2O5. The zero-order valence-corrected chi connectivity index (χ0v) is 16.2. The number of hydrogen-bond donors (Lipinski definition) is 2. The third kappa shape index (κ3) is 4.51. The Labute approximate surface area is 164 Å². The molecule has 142 valence electrons. The quantitative estimate of drug-likeness (QED) is 0.727. The number of amides is 2. The second kappa shape index (κ2) is 8.30. The summed E-state index contributed by atoms with van der Waals surface area (Å²) in [6, 6.07) is 10.3. The van der Waals surface area contributed by atoms with Gasteiger partial charge in [-0.3, -0.25) is 9.59 Å². The maximum absolute atomic E-state index is 12.7. The maximum Gasteiger partial charge on any atom is 0.255 e. The Kier molecular flexibility index (Phi) is 5.85. The Morgan fingerprint density at radius 1 is 1.26 bits per heavy atom. The van der Waals surface area contributed by atoms with Crippen LogP contribution in [0.5, 0.6) is 17.2 Å². The lowest BCUT2D eigenvalue weighted by Crippen LogP contribution is -2.32. The summed E-state index contributed by atoms with van der Waals surface area (Å²) in [6.07, 6.45) is 0.673. The molecule has 1 aliphatic heterocycles. The van der Waals surface area contributed by atoms with Gasteiger partial charge in [-0.2, -0.15) is 0 Å². The van der Waals surface area contributed by atoms with Crippen molar-refractivity contribution in [3.05, 3.63) is 52.0 Å². The summed E-state index contributed by atoms with van der Waals surface area (Å²) in [6.45, 7) is 0.262. The van der Waals surface area contributed by atoms with E-state index in [2.05, 4.69) is 21.2 Å². The van der Waals surface area contributed by atoms with E-state index in [0.717, 1.165) is 15.8 Å². The molecule has 27 heavy (non-hydrogen) atoms. The van der Waals surface area contributed by atoms with E-state index < -0.39 is 5.91 Å². The molecule has 0 aliphatic carbocycles. The lowest BCUT2D eigenvalue weighted by molar-refractivity contribution is -0.119. The van der Waals surface area contributed by atoms with Gasteiger partial charge in [-0.15, -0.1) is 0 Å². The fraction of sp³-hybridized carbons (Fsp3) is 0.263. The van der Waals surface area contributed by atoms with E-state index in [-0.39, 0.29) is 18.6 Å². The molecule has 2 aromatic rings. The normalized spacial score (nSPS) is 15.3. The van der Waals surface area contributed by atoms with E-state index >= 15 is 0 Å². The number of hydrogen-bond acceptors (Lipinski definition) is 5. The number of nitrogens with one attached hydrogen (secondary N) is 1. The molecule has 1 aliphatic rings. The minimum absolute atomic E-state index is 0.157. The fourth-order valence-corrected chi connectivity index (χ4v) is 3.21. The second-order valence-corrected chi connectivity index (χ2v) is 6.88. The number of benzene rings is 2. The predicted molar refractivity (Wildman–Crippen MR) is 102 cm³/mol. The van der Waals surface area contributed by atoms with E-state index in [1.54, 1.807) is 18.2 Å². The lowest BCUT2D eigenvalue weighted by Gasteiger charge is -2.27. The lowest BCUT2D eigenvalue weighted by atomic mass is 10.00. The molecule has 1 unspecified atom stereocenters. The van der Waals surface area contributed by atoms with E-state index in [9.17, 15) is 9.59 Å². The van der Waals surface area contributed by atoms with Crippen molar-refractivity contribution in [3.8, 4) is 17.2 Å². The molecule has 0 saturated heterocycles. The Hall–Kier alpha value is -2.74. The van der Waals surface area contributed by atoms with E-state index in [0.29, 0.717) is 30.1 Å². The number of primary amides is 1. The van der Waals surface area contributed by atoms with Crippen LogP contribution in [0.15, 0.2) is 40.9 Å². The Morgan fingerprint density at radius 3 is 2.81 bits per heavy atom. The van der Waals surface area contributed by atoms with Gasteiger partial charge >= 0.3 is 0 Å². The van der Waals surface area contributed by atoms with Crippen molar-refractivity contribution in [1.82, 2.24) is 5.32 Å². The van der Waals surface area contributed by atoms with Crippen molar-refractivity contribution < 1.29 is 23.8 Å². The highest BCUT2D eigenvalue weighted by molar-refractivity contribution is 9.10. The molecule has 0 spiro atoms.